The van der Waals surface area contributed by atoms with E-state index in [4.69, 9.17) is 4.74 Å². The van der Waals surface area contributed by atoms with Gasteiger partial charge in [0, 0.05) is 42.3 Å². The Kier molecular flexibility index (Phi) is 7.77. The molecule has 160 valence electrons. The highest BCUT2D eigenvalue weighted by molar-refractivity contribution is 6.07. The van der Waals surface area contributed by atoms with Crippen molar-refractivity contribution in [1.82, 2.24) is 9.88 Å². The van der Waals surface area contributed by atoms with Gasteiger partial charge in [-0.1, -0.05) is 30.7 Å². The second-order valence-electron chi connectivity index (χ2n) is 8.01. The zero-order valence-electron chi connectivity index (χ0n) is 18.6. The Morgan fingerprint density at radius 1 is 1.20 bits per heavy atom. The van der Waals surface area contributed by atoms with Crippen LogP contribution in [0.4, 0.5) is 5.69 Å². The van der Waals surface area contributed by atoms with E-state index in [1.165, 1.54) is 11.1 Å². The minimum Gasteiger partial charge on any atom is -0.379 e. The SMILES string of the molecule is CC/C(C)=C\c1c(C(=O)Nc2ccc(CCN3CCOCC3)cc2)cc(C)nc1C. The van der Waals surface area contributed by atoms with Crippen LogP contribution in [0.15, 0.2) is 35.9 Å². The van der Waals surface area contributed by atoms with Gasteiger partial charge in [-0.25, -0.2) is 0 Å². The summed E-state index contributed by atoms with van der Waals surface area (Å²) in [5, 5.41) is 3.05. The molecule has 0 radical (unpaired) electrons. The number of nitrogens with zero attached hydrogens (tertiary/aromatic N) is 2. The number of anilines is 1. The highest BCUT2D eigenvalue weighted by atomic mass is 16.5. The van der Waals surface area contributed by atoms with Crippen LogP contribution in [0.5, 0.6) is 0 Å². The summed E-state index contributed by atoms with van der Waals surface area (Å²) in [6.45, 7) is 12.8. The predicted molar refractivity (Wildman–Crippen MR) is 123 cm³/mol. The second kappa shape index (κ2) is 10.5. The van der Waals surface area contributed by atoms with Crippen LogP contribution in [0.3, 0.4) is 0 Å². The molecule has 1 aromatic heterocycles. The number of pyridine rings is 1. The first-order valence-corrected chi connectivity index (χ1v) is 10.8. The topological polar surface area (TPSA) is 54.5 Å². The Hall–Kier alpha value is -2.50. The second-order valence-corrected chi connectivity index (χ2v) is 8.01. The number of amides is 1. The summed E-state index contributed by atoms with van der Waals surface area (Å²) in [4.78, 5) is 20.0. The maximum Gasteiger partial charge on any atom is 0.256 e. The molecule has 0 unspecified atom stereocenters. The fourth-order valence-electron chi connectivity index (χ4n) is 3.62. The molecule has 1 N–H and O–H groups in total. The Bertz CT molecular complexity index is 897. The van der Waals surface area contributed by atoms with E-state index in [0.717, 1.165) is 68.3 Å². The molecule has 1 aliphatic rings. The van der Waals surface area contributed by atoms with Crippen molar-refractivity contribution in [2.24, 2.45) is 0 Å². The van der Waals surface area contributed by atoms with Crippen molar-refractivity contribution in [1.29, 1.82) is 0 Å². The molecule has 0 aliphatic carbocycles. The van der Waals surface area contributed by atoms with Crippen molar-refractivity contribution in [2.45, 2.75) is 40.5 Å². The van der Waals surface area contributed by atoms with Gasteiger partial charge in [0.25, 0.3) is 5.91 Å². The summed E-state index contributed by atoms with van der Waals surface area (Å²) in [5.74, 6) is -0.0974. The third-order valence-electron chi connectivity index (χ3n) is 5.60. The molecule has 5 nitrogen and oxygen atoms in total. The number of aryl methyl sites for hydroxylation is 2. The van der Waals surface area contributed by atoms with Gasteiger partial charge < -0.3 is 10.1 Å². The number of allylic oxidation sites excluding steroid dienone is 1. The third kappa shape index (κ3) is 6.00. The van der Waals surface area contributed by atoms with E-state index in [1.54, 1.807) is 0 Å². The molecule has 0 saturated carbocycles. The Labute approximate surface area is 180 Å². The third-order valence-corrected chi connectivity index (χ3v) is 5.60. The number of morpholine rings is 1. The van der Waals surface area contributed by atoms with Crippen molar-refractivity contribution in [2.75, 3.05) is 38.2 Å². The summed E-state index contributed by atoms with van der Waals surface area (Å²) >= 11 is 0. The number of rotatable bonds is 7. The van der Waals surface area contributed by atoms with Crippen LogP contribution in [0.25, 0.3) is 6.08 Å². The van der Waals surface area contributed by atoms with Gasteiger partial charge in [0.15, 0.2) is 0 Å². The van der Waals surface area contributed by atoms with Crippen LogP contribution in [-0.4, -0.2) is 48.6 Å². The normalized spacial score (nSPS) is 15.3. The summed E-state index contributed by atoms with van der Waals surface area (Å²) in [7, 11) is 0. The van der Waals surface area contributed by atoms with Crippen LogP contribution < -0.4 is 5.32 Å². The number of hydrogen-bond acceptors (Lipinski definition) is 4. The largest absolute Gasteiger partial charge is 0.379 e. The number of carbonyl (C=O) groups excluding carboxylic acids is 1. The number of hydrogen-bond donors (Lipinski definition) is 1. The van der Waals surface area contributed by atoms with E-state index in [2.05, 4.69) is 47.3 Å². The number of benzene rings is 1. The van der Waals surface area contributed by atoms with Crippen molar-refractivity contribution in [3.63, 3.8) is 0 Å². The molecule has 0 bridgehead atoms. The molecular weight excluding hydrogens is 374 g/mol. The fraction of sp³-hybridized carbons (Fsp3) is 0.440. The van der Waals surface area contributed by atoms with Crippen LogP contribution >= 0.6 is 0 Å². The first-order chi connectivity index (χ1) is 14.5. The Balaban J connectivity index is 1.68. The van der Waals surface area contributed by atoms with Crippen molar-refractivity contribution in [3.05, 3.63) is 64.0 Å². The summed E-state index contributed by atoms with van der Waals surface area (Å²) < 4.78 is 5.40. The van der Waals surface area contributed by atoms with Gasteiger partial charge in [0.05, 0.1) is 18.8 Å². The smallest absolute Gasteiger partial charge is 0.256 e. The average molecular weight is 408 g/mol. The van der Waals surface area contributed by atoms with Gasteiger partial charge in [-0.2, -0.15) is 0 Å². The lowest BCUT2D eigenvalue weighted by Crippen LogP contribution is -2.37. The maximum absolute atomic E-state index is 13.0. The van der Waals surface area contributed by atoms with Crippen LogP contribution in [0, 0.1) is 13.8 Å². The highest BCUT2D eigenvalue weighted by Gasteiger charge is 2.15. The molecule has 1 saturated heterocycles. The number of nitrogens with one attached hydrogen (secondary N) is 1. The molecule has 3 rings (SSSR count). The average Bonchev–Trinajstić information content (AvgIpc) is 2.75. The number of aromatic nitrogens is 1. The monoisotopic (exact) mass is 407 g/mol. The van der Waals surface area contributed by atoms with Crippen molar-refractivity contribution in [3.8, 4) is 0 Å². The lowest BCUT2D eigenvalue weighted by molar-refractivity contribution is 0.0384. The van der Waals surface area contributed by atoms with E-state index in [0.29, 0.717) is 5.56 Å². The summed E-state index contributed by atoms with van der Waals surface area (Å²) in [5.41, 5.74) is 6.61. The van der Waals surface area contributed by atoms with Crippen LogP contribution in [0.2, 0.25) is 0 Å². The van der Waals surface area contributed by atoms with Gasteiger partial charge in [0.1, 0.15) is 0 Å². The van der Waals surface area contributed by atoms with Gasteiger partial charge >= 0.3 is 0 Å². The van der Waals surface area contributed by atoms with E-state index in [-0.39, 0.29) is 5.91 Å². The molecular formula is C25H33N3O2. The lowest BCUT2D eigenvalue weighted by Gasteiger charge is -2.26. The quantitative estimate of drug-likeness (QED) is 0.727. The molecule has 0 atom stereocenters. The molecule has 1 fully saturated rings. The van der Waals surface area contributed by atoms with E-state index in [1.807, 2.05) is 32.0 Å². The molecule has 1 aromatic carbocycles. The zero-order valence-corrected chi connectivity index (χ0v) is 18.6. The molecule has 2 heterocycles. The van der Waals surface area contributed by atoms with Gasteiger partial charge in [0.2, 0.25) is 0 Å². The zero-order chi connectivity index (χ0) is 21.5. The fourth-order valence-corrected chi connectivity index (χ4v) is 3.62. The van der Waals surface area contributed by atoms with Crippen LogP contribution in [0.1, 0.15) is 53.1 Å². The number of ether oxygens (including phenoxy) is 1. The number of carbonyl (C=O) groups is 1. The van der Waals surface area contributed by atoms with Crippen molar-refractivity contribution < 1.29 is 9.53 Å². The molecule has 30 heavy (non-hydrogen) atoms. The molecule has 1 aliphatic heterocycles. The minimum atomic E-state index is -0.0974. The van der Waals surface area contributed by atoms with E-state index >= 15 is 0 Å². The summed E-state index contributed by atoms with van der Waals surface area (Å²) in [6, 6.07) is 10.0. The van der Waals surface area contributed by atoms with Gasteiger partial charge in [-0.3, -0.25) is 14.7 Å². The Morgan fingerprint density at radius 3 is 2.57 bits per heavy atom. The first kappa shape index (κ1) is 22.2. The molecule has 1 amide bonds. The Morgan fingerprint density at radius 2 is 1.90 bits per heavy atom. The van der Waals surface area contributed by atoms with Crippen molar-refractivity contribution >= 4 is 17.7 Å². The van der Waals surface area contributed by atoms with E-state index in [9.17, 15) is 4.79 Å². The standard InChI is InChI=1S/C25H33N3O2/c1-5-18(2)16-23-20(4)26-19(3)17-24(23)25(29)27-22-8-6-21(7-9-22)10-11-28-12-14-30-15-13-28/h6-9,16-17H,5,10-15H2,1-4H3,(H,27,29)/b18-16-. The van der Waals surface area contributed by atoms with Crippen LogP contribution in [-0.2, 0) is 11.2 Å². The minimum absolute atomic E-state index is 0.0974. The highest BCUT2D eigenvalue weighted by Crippen LogP contribution is 2.21. The molecule has 5 heteroatoms. The van der Waals surface area contributed by atoms with Gasteiger partial charge in [-0.05, 0) is 57.4 Å². The van der Waals surface area contributed by atoms with Gasteiger partial charge in [-0.15, -0.1) is 0 Å². The predicted octanol–water partition coefficient (Wildman–Crippen LogP) is 4.64. The first-order valence-electron chi connectivity index (χ1n) is 10.8. The van der Waals surface area contributed by atoms with E-state index < -0.39 is 0 Å². The molecule has 2 aromatic rings. The summed E-state index contributed by atoms with van der Waals surface area (Å²) in [6.07, 6.45) is 4.02. The maximum atomic E-state index is 13.0. The molecule has 0 spiro atoms. The lowest BCUT2D eigenvalue weighted by atomic mass is 10.0.